The van der Waals surface area contributed by atoms with E-state index in [-0.39, 0.29) is 11.9 Å². The molecule has 6 nitrogen and oxygen atoms in total. The molecule has 1 aromatic rings. The van der Waals surface area contributed by atoms with Crippen molar-refractivity contribution < 1.29 is 14.9 Å². The molecule has 96 valence electrons. The first-order chi connectivity index (χ1) is 8.08. The lowest BCUT2D eigenvalue weighted by atomic mass is 10.4. The van der Waals surface area contributed by atoms with Crippen LogP contribution in [0.15, 0.2) is 9.64 Å². The normalized spacial score (nSPS) is 12.5. The van der Waals surface area contributed by atoms with Gasteiger partial charge in [0.25, 0.3) is 11.1 Å². The van der Waals surface area contributed by atoms with E-state index in [2.05, 4.69) is 15.9 Å². The van der Waals surface area contributed by atoms with Crippen LogP contribution in [0.25, 0.3) is 0 Å². The van der Waals surface area contributed by atoms with E-state index >= 15 is 0 Å². The summed E-state index contributed by atoms with van der Waals surface area (Å²) in [5.74, 6) is 0.916. The third-order valence-corrected chi connectivity index (χ3v) is 3.08. The van der Waals surface area contributed by atoms with Crippen LogP contribution in [-0.2, 0) is 4.79 Å². The number of hydrogen-bond acceptors (Lipinski definition) is 5. The van der Waals surface area contributed by atoms with E-state index in [1.165, 1.54) is 11.8 Å². The van der Waals surface area contributed by atoms with E-state index in [0.29, 0.717) is 16.9 Å². The maximum atomic E-state index is 11.7. The van der Waals surface area contributed by atoms with Crippen molar-refractivity contribution in [1.82, 2.24) is 15.1 Å². The predicted octanol–water partition coefficient (Wildman–Crippen LogP) is 0.333. The highest BCUT2D eigenvalue weighted by Gasteiger charge is 2.15. The molecular formula is C10H19N4O2S+. The molecule has 1 atom stereocenters. The summed E-state index contributed by atoms with van der Waals surface area (Å²) < 4.78 is 5.35. The van der Waals surface area contributed by atoms with Gasteiger partial charge in [-0.3, -0.25) is 4.79 Å². The topological polar surface area (TPSA) is 86.9 Å². The Labute approximate surface area is 105 Å². The fourth-order valence-corrected chi connectivity index (χ4v) is 1.94. The number of hydrogen-bond donors (Lipinski definition) is 1. The van der Waals surface area contributed by atoms with Crippen LogP contribution in [-0.4, -0.2) is 39.8 Å². The molecule has 3 N–H and O–H groups in total. The zero-order chi connectivity index (χ0) is 12.8. The molecule has 0 saturated heterocycles. The van der Waals surface area contributed by atoms with Crippen LogP contribution in [0.1, 0.15) is 32.7 Å². The van der Waals surface area contributed by atoms with Crippen LogP contribution in [0.2, 0.25) is 0 Å². The molecule has 0 radical (unpaired) electrons. The molecule has 1 heterocycles. The van der Waals surface area contributed by atoms with Crippen LogP contribution >= 0.6 is 11.8 Å². The second-order valence-corrected chi connectivity index (χ2v) is 4.59. The fraction of sp³-hybridized carbons (Fsp3) is 0.700. The van der Waals surface area contributed by atoms with Gasteiger partial charge < -0.3 is 15.1 Å². The number of quaternary nitrogens is 1. The average molecular weight is 259 g/mol. The van der Waals surface area contributed by atoms with Gasteiger partial charge in [-0.05, 0) is 20.8 Å². The quantitative estimate of drug-likeness (QED) is 0.744. The predicted molar refractivity (Wildman–Crippen MR) is 64.3 cm³/mol. The first-order valence-corrected chi connectivity index (χ1v) is 6.64. The Morgan fingerprint density at radius 3 is 2.59 bits per heavy atom. The molecule has 7 heteroatoms. The molecule has 0 spiro atoms. The lowest BCUT2D eigenvalue weighted by molar-refractivity contribution is -0.425. The van der Waals surface area contributed by atoms with Gasteiger partial charge in [0.15, 0.2) is 6.04 Å². The molecule has 0 bridgehead atoms. The van der Waals surface area contributed by atoms with E-state index in [4.69, 9.17) is 4.42 Å². The Hall–Kier alpha value is -1.08. The van der Waals surface area contributed by atoms with Crippen molar-refractivity contribution in [3.63, 3.8) is 0 Å². The van der Waals surface area contributed by atoms with Crippen molar-refractivity contribution in [3.8, 4) is 0 Å². The van der Waals surface area contributed by atoms with Gasteiger partial charge in [-0.1, -0.05) is 11.8 Å². The third kappa shape index (κ3) is 4.01. The molecule has 0 aromatic carbocycles. The van der Waals surface area contributed by atoms with Gasteiger partial charge >= 0.3 is 0 Å². The monoisotopic (exact) mass is 259 g/mol. The van der Waals surface area contributed by atoms with E-state index in [1.807, 2.05) is 20.8 Å². The minimum atomic E-state index is -0.0321. The van der Waals surface area contributed by atoms with E-state index in [1.54, 1.807) is 4.90 Å². The molecule has 0 saturated carbocycles. The Bertz CT molecular complexity index is 363. The highest BCUT2D eigenvalue weighted by Crippen LogP contribution is 2.18. The second kappa shape index (κ2) is 6.61. The van der Waals surface area contributed by atoms with Crippen molar-refractivity contribution in [2.45, 2.75) is 32.0 Å². The van der Waals surface area contributed by atoms with Gasteiger partial charge in [-0.15, -0.1) is 10.2 Å². The summed E-state index contributed by atoms with van der Waals surface area (Å²) in [5, 5.41) is 8.14. The van der Waals surface area contributed by atoms with Gasteiger partial charge in [0.2, 0.25) is 5.91 Å². The lowest BCUT2D eigenvalue weighted by Gasteiger charge is -2.17. The van der Waals surface area contributed by atoms with Crippen LogP contribution in [0.5, 0.6) is 0 Å². The molecule has 0 aliphatic carbocycles. The average Bonchev–Trinajstić information content (AvgIpc) is 2.76. The first kappa shape index (κ1) is 14.0. The molecule has 0 unspecified atom stereocenters. The van der Waals surface area contributed by atoms with Gasteiger partial charge in [0, 0.05) is 13.1 Å². The van der Waals surface area contributed by atoms with Gasteiger partial charge in [0.05, 0.1) is 5.75 Å². The number of thioether (sulfide) groups is 1. The van der Waals surface area contributed by atoms with Crippen molar-refractivity contribution in [1.29, 1.82) is 0 Å². The Morgan fingerprint density at radius 2 is 2.12 bits per heavy atom. The maximum Gasteiger partial charge on any atom is 0.277 e. The lowest BCUT2D eigenvalue weighted by Crippen LogP contribution is -2.51. The molecule has 0 fully saturated rings. The van der Waals surface area contributed by atoms with Crippen molar-refractivity contribution in [3.05, 3.63) is 5.89 Å². The third-order valence-electron chi connectivity index (χ3n) is 2.28. The molecular weight excluding hydrogens is 240 g/mol. The number of amides is 1. The van der Waals surface area contributed by atoms with Crippen molar-refractivity contribution in [2.75, 3.05) is 18.8 Å². The van der Waals surface area contributed by atoms with Crippen molar-refractivity contribution >= 4 is 17.7 Å². The summed E-state index contributed by atoms with van der Waals surface area (Å²) in [4.78, 5) is 13.5. The number of carbonyl (C=O) groups excluding carboxylic acids is 1. The Morgan fingerprint density at radius 1 is 1.47 bits per heavy atom. The fourth-order valence-electron chi connectivity index (χ4n) is 1.27. The Balaban J connectivity index is 2.47. The summed E-state index contributed by atoms with van der Waals surface area (Å²) in [5.41, 5.74) is 3.79. The number of carbonyl (C=O) groups is 1. The van der Waals surface area contributed by atoms with Gasteiger partial charge in [-0.25, -0.2) is 0 Å². The zero-order valence-corrected chi connectivity index (χ0v) is 11.3. The summed E-state index contributed by atoms with van der Waals surface area (Å²) in [6.45, 7) is 7.24. The summed E-state index contributed by atoms with van der Waals surface area (Å²) in [6.07, 6.45) is 0. The van der Waals surface area contributed by atoms with E-state index in [9.17, 15) is 4.79 Å². The number of nitrogens with zero attached hydrogens (tertiary/aromatic N) is 3. The zero-order valence-electron chi connectivity index (χ0n) is 10.5. The van der Waals surface area contributed by atoms with E-state index in [0.717, 1.165) is 13.1 Å². The van der Waals surface area contributed by atoms with Crippen LogP contribution < -0.4 is 5.73 Å². The highest BCUT2D eigenvalue weighted by atomic mass is 32.2. The van der Waals surface area contributed by atoms with Gasteiger partial charge in [0.1, 0.15) is 0 Å². The van der Waals surface area contributed by atoms with Crippen LogP contribution in [0.3, 0.4) is 0 Å². The van der Waals surface area contributed by atoms with Crippen LogP contribution in [0, 0.1) is 0 Å². The number of aromatic nitrogens is 2. The Kier molecular flexibility index (Phi) is 5.43. The highest BCUT2D eigenvalue weighted by molar-refractivity contribution is 7.99. The smallest absolute Gasteiger partial charge is 0.277 e. The molecule has 1 rings (SSSR count). The molecule has 0 aliphatic heterocycles. The summed E-state index contributed by atoms with van der Waals surface area (Å²) in [7, 11) is 0. The summed E-state index contributed by atoms with van der Waals surface area (Å²) in [6, 6.07) is -0.0321. The van der Waals surface area contributed by atoms with Crippen molar-refractivity contribution in [2.24, 2.45) is 0 Å². The van der Waals surface area contributed by atoms with Gasteiger partial charge in [-0.2, -0.15) is 0 Å². The molecule has 0 aliphatic rings. The molecule has 1 amide bonds. The second-order valence-electron chi connectivity index (χ2n) is 3.66. The molecule has 17 heavy (non-hydrogen) atoms. The summed E-state index contributed by atoms with van der Waals surface area (Å²) >= 11 is 1.27. The first-order valence-electron chi connectivity index (χ1n) is 5.65. The standard InChI is InChI=1S/C10H18N4O2S/c1-4-14(5-2)8(15)6-17-10-13-12-9(16-10)7(3)11/h7H,4-6,11H2,1-3H3/p+1/t7-/m0/s1. The minimum Gasteiger partial charge on any atom is -0.410 e. The van der Waals surface area contributed by atoms with Crippen LogP contribution in [0.4, 0.5) is 0 Å². The molecule has 1 aromatic heterocycles. The minimum absolute atomic E-state index is 0.0321. The van der Waals surface area contributed by atoms with E-state index < -0.39 is 0 Å². The largest absolute Gasteiger partial charge is 0.410 e. The maximum absolute atomic E-state index is 11.7. The SMILES string of the molecule is CCN(CC)C(=O)CSc1nnc([C@H](C)[NH3+])o1. The number of rotatable bonds is 6.